The largest absolute Gasteiger partial charge is 0.456 e. The van der Waals surface area contributed by atoms with E-state index in [-0.39, 0.29) is 0 Å². The monoisotopic (exact) mass is 367 g/mol. The molecule has 1 heterocycles. The Balaban J connectivity index is 1.68. The van der Waals surface area contributed by atoms with Crippen molar-refractivity contribution >= 4 is 45.1 Å². The zero-order valence-corrected chi connectivity index (χ0v) is 15.4. The summed E-state index contributed by atoms with van der Waals surface area (Å²) in [7, 11) is 0. The van der Waals surface area contributed by atoms with Crippen LogP contribution in [0.15, 0.2) is 111 Å². The fourth-order valence-electron chi connectivity index (χ4n) is 3.27. The molecule has 0 atom stereocenters. The van der Waals surface area contributed by atoms with E-state index in [1.165, 1.54) is 9.79 Å². The number of benzene rings is 4. The maximum atomic E-state index is 6.16. The molecule has 0 aliphatic rings. The van der Waals surface area contributed by atoms with E-state index in [1.807, 2.05) is 36.4 Å². The first-order valence-corrected chi connectivity index (χ1v) is 9.69. The number of fused-ring (bicyclic) bond motifs is 3. The van der Waals surface area contributed by atoms with E-state index in [0.29, 0.717) is 0 Å². The van der Waals surface area contributed by atoms with Gasteiger partial charge >= 0.3 is 0 Å². The number of nitrogens with one attached hydrogen (secondary N) is 1. The molecule has 27 heavy (non-hydrogen) atoms. The molecule has 0 saturated heterocycles. The summed E-state index contributed by atoms with van der Waals surface area (Å²) >= 11 is 1.76. The predicted molar refractivity (Wildman–Crippen MR) is 114 cm³/mol. The summed E-state index contributed by atoms with van der Waals surface area (Å²) in [6.07, 6.45) is 0. The second-order valence-electron chi connectivity index (χ2n) is 6.35. The average Bonchev–Trinajstić information content (AvgIpc) is 3.08. The molecule has 0 bridgehead atoms. The summed E-state index contributed by atoms with van der Waals surface area (Å²) < 4.78 is 6.16. The van der Waals surface area contributed by atoms with Crippen molar-refractivity contribution in [2.75, 3.05) is 5.32 Å². The van der Waals surface area contributed by atoms with Gasteiger partial charge in [0.2, 0.25) is 0 Å². The van der Waals surface area contributed by atoms with Gasteiger partial charge in [-0.1, -0.05) is 66.4 Å². The minimum atomic E-state index is 0.899. The lowest BCUT2D eigenvalue weighted by Gasteiger charge is -2.10. The quantitative estimate of drug-likeness (QED) is 0.356. The maximum Gasteiger partial charge on any atom is 0.138 e. The lowest BCUT2D eigenvalue weighted by molar-refractivity contribution is 0.668. The fraction of sp³-hybridized carbons (Fsp3) is 0. The molecule has 0 saturated carbocycles. The smallest absolute Gasteiger partial charge is 0.138 e. The molecule has 2 nitrogen and oxygen atoms in total. The van der Waals surface area contributed by atoms with Crippen molar-refractivity contribution in [3.63, 3.8) is 0 Å². The number of hydrogen-bond acceptors (Lipinski definition) is 3. The molecule has 0 amide bonds. The highest BCUT2D eigenvalue weighted by Gasteiger charge is 2.14. The topological polar surface area (TPSA) is 25.2 Å². The molecule has 5 aromatic rings. The van der Waals surface area contributed by atoms with Crippen molar-refractivity contribution in [3.8, 4) is 0 Å². The molecule has 0 radical (unpaired) electrons. The third-order valence-electron chi connectivity index (χ3n) is 4.48. The maximum absolute atomic E-state index is 6.16. The summed E-state index contributed by atoms with van der Waals surface area (Å²) in [4.78, 5) is 2.39. The standard InChI is InChI=1S/C24H17NOS/c1-3-9-17(10-4-1)25-18-15-22-24(20-13-7-8-14-21(20)26-22)23(16-18)27-19-11-5-2-6-12-19/h1-16,25H. The molecule has 0 spiro atoms. The zero-order valence-electron chi connectivity index (χ0n) is 14.6. The Bertz CT molecular complexity index is 1210. The van der Waals surface area contributed by atoms with Crippen LogP contribution in [0.3, 0.4) is 0 Å². The van der Waals surface area contributed by atoms with Gasteiger partial charge in [-0.3, -0.25) is 0 Å². The summed E-state index contributed by atoms with van der Waals surface area (Å²) in [6, 6.07) is 33.2. The van der Waals surface area contributed by atoms with E-state index in [0.717, 1.165) is 33.3 Å². The molecule has 0 fully saturated rings. The second-order valence-corrected chi connectivity index (χ2v) is 7.47. The van der Waals surface area contributed by atoms with Gasteiger partial charge in [0.25, 0.3) is 0 Å². The number of para-hydroxylation sites is 2. The molecule has 4 aromatic carbocycles. The van der Waals surface area contributed by atoms with Crippen molar-refractivity contribution in [3.05, 3.63) is 97.1 Å². The van der Waals surface area contributed by atoms with Gasteiger partial charge in [0.15, 0.2) is 0 Å². The Morgan fingerprint density at radius 1 is 0.630 bits per heavy atom. The van der Waals surface area contributed by atoms with E-state index in [1.54, 1.807) is 11.8 Å². The van der Waals surface area contributed by atoms with Gasteiger partial charge in [0.05, 0.1) is 0 Å². The Morgan fingerprint density at radius 2 is 1.33 bits per heavy atom. The molecule has 1 aromatic heterocycles. The van der Waals surface area contributed by atoms with Gasteiger partial charge in [-0.2, -0.15) is 0 Å². The summed E-state index contributed by atoms with van der Waals surface area (Å²) in [5.74, 6) is 0. The lowest BCUT2D eigenvalue weighted by Crippen LogP contribution is -1.90. The third-order valence-corrected chi connectivity index (χ3v) is 5.53. The van der Waals surface area contributed by atoms with Crippen LogP contribution in [0, 0.1) is 0 Å². The molecule has 130 valence electrons. The molecule has 0 aliphatic heterocycles. The van der Waals surface area contributed by atoms with Crippen molar-refractivity contribution in [1.29, 1.82) is 0 Å². The van der Waals surface area contributed by atoms with Crippen LogP contribution < -0.4 is 5.32 Å². The highest BCUT2D eigenvalue weighted by molar-refractivity contribution is 7.99. The molecule has 1 N–H and O–H groups in total. The van der Waals surface area contributed by atoms with Crippen molar-refractivity contribution in [1.82, 2.24) is 0 Å². The molecule has 0 aliphatic carbocycles. The minimum absolute atomic E-state index is 0.899. The van der Waals surface area contributed by atoms with Crippen LogP contribution in [0.5, 0.6) is 0 Å². The Labute approximate surface area is 161 Å². The highest BCUT2D eigenvalue weighted by Crippen LogP contribution is 2.41. The van der Waals surface area contributed by atoms with E-state index >= 15 is 0 Å². The SMILES string of the molecule is c1ccc(Nc2cc(Sc3ccccc3)c3c(c2)oc2ccccc23)cc1. The van der Waals surface area contributed by atoms with Crippen LogP contribution in [0.25, 0.3) is 21.9 Å². The Kier molecular flexibility index (Phi) is 4.07. The third kappa shape index (κ3) is 3.18. The van der Waals surface area contributed by atoms with E-state index in [9.17, 15) is 0 Å². The van der Waals surface area contributed by atoms with Gasteiger partial charge in [-0.25, -0.2) is 0 Å². The Morgan fingerprint density at radius 3 is 2.15 bits per heavy atom. The number of furan rings is 1. The second kappa shape index (κ2) is 6.86. The predicted octanol–water partition coefficient (Wildman–Crippen LogP) is 7.48. The first-order chi connectivity index (χ1) is 13.4. The van der Waals surface area contributed by atoms with E-state index < -0.39 is 0 Å². The van der Waals surface area contributed by atoms with Gasteiger partial charge in [0, 0.05) is 38.0 Å². The van der Waals surface area contributed by atoms with Crippen molar-refractivity contribution < 1.29 is 4.42 Å². The van der Waals surface area contributed by atoms with E-state index in [4.69, 9.17) is 4.42 Å². The summed E-state index contributed by atoms with van der Waals surface area (Å²) in [5, 5.41) is 5.81. The van der Waals surface area contributed by atoms with Gasteiger partial charge in [-0.05, 0) is 36.4 Å². The number of anilines is 2. The van der Waals surface area contributed by atoms with Crippen molar-refractivity contribution in [2.45, 2.75) is 9.79 Å². The van der Waals surface area contributed by atoms with Gasteiger partial charge < -0.3 is 9.73 Å². The fourth-order valence-corrected chi connectivity index (χ4v) is 4.32. The molecular formula is C24H17NOS. The summed E-state index contributed by atoms with van der Waals surface area (Å²) in [5.41, 5.74) is 3.89. The first-order valence-electron chi connectivity index (χ1n) is 8.87. The zero-order chi connectivity index (χ0) is 18.1. The molecule has 3 heteroatoms. The highest BCUT2D eigenvalue weighted by atomic mass is 32.2. The van der Waals surface area contributed by atoms with Gasteiger partial charge in [-0.15, -0.1) is 0 Å². The van der Waals surface area contributed by atoms with Crippen LogP contribution in [0.1, 0.15) is 0 Å². The minimum Gasteiger partial charge on any atom is -0.456 e. The Hall–Kier alpha value is -3.17. The number of rotatable bonds is 4. The van der Waals surface area contributed by atoms with Crippen molar-refractivity contribution in [2.24, 2.45) is 0 Å². The first kappa shape index (κ1) is 16.0. The van der Waals surface area contributed by atoms with Crippen LogP contribution >= 0.6 is 11.8 Å². The average molecular weight is 367 g/mol. The van der Waals surface area contributed by atoms with Crippen LogP contribution in [-0.4, -0.2) is 0 Å². The normalized spacial score (nSPS) is 11.1. The van der Waals surface area contributed by atoms with Crippen LogP contribution in [0.4, 0.5) is 11.4 Å². The lowest BCUT2D eigenvalue weighted by atomic mass is 10.1. The molecule has 5 rings (SSSR count). The van der Waals surface area contributed by atoms with Crippen LogP contribution in [0.2, 0.25) is 0 Å². The van der Waals surface area contributed by atoms with Gasteiger partial charge in [0.1, 0.15) is 11.2 Å². The van der Waals surface area contributed by atoms with Crippen LogP contribution in [-0.2, 0) is 0 Å². The molecule has 0 unspecified atom stereocenters. The molecular weight excluding hydrogens is 350 g/mol. The summed E-state index contributed by atoms with van der Waals surface area (Å²) in [6.45, 7) is 0. The number of hydrogen-bond donors (Lipinski definition) is 1. The van der Waals surface area contributed by atoms with E-state index in [2.05, 4.69) is 66.0 Å².